The normalized spacial score (nSPS) is 14.6. The number of nitriles is 1. The van der Waals surface area contributed by atoms with E-state index in [2.05, 4.69) is 6.07 Å². The van der Waals surface area contributed by atoms with Crippen molar-refractivity contribution in [3.05, 3.63) is 99.1 Å². The lowest BCUT2D eigenvalue weighted by molar-refractivity contribution is 0.0702. The van der Waals surface area contributed by atoms with E-state index in [1.807, 2.05) is 38.1 Å². The summed E-state index contributed by atoms with van der Waals surface area (Å²) in [4.78, 5) is 13.1. The summed E-state index contributed by atoms with van der Waals surface area (Å²) in [6.07, 6.45) is 0.841. The summed E-state index contributed by atoms with van der Waals surface area (Å²) in [6, 6.07) is 18.3. The minimum absolute atomic E-state index is 0.0147. The first-order valence-electron chi connectivity index (χ1n) is 12.2. The van der Waals surface area contributed by atoms with Crippen LogP contribution in [0.25, 0.3) is 11.0 Å². The van der Waals surface area contributed by atoms with Crippen LogP contribution in [0.1, 0.15) is 52.1 Å². The van der Waals surface area contributed by atoms with Gasteiger partial charge in [-0.05, 0) is 50.1 Å². The van der Waals surface area contributed by atoms with Gasteiger partial charge in [0.2, 0.25) is 11.6 Å². The van der Waals surface area contributed by atoms with Crippen LogP contribution in [0.15, 0.2) is 70.5 Å². The Hall–Kier alpha value is -4.41. The van der Waals surface area contributed by atoms with E-state index in [9.17, 15) is 10.1 Å². The number of hydrogen-bond donors (Lipinski definition) is 1. The van der Waals surface area contributed by atoms with E-state index < -0.39 is 11.9 Å². The number of para-hydroxylation sites is 1. The number of halogens is 1. The van der Waals surface area contributed by atoms with E-state index in [1.165, 1.54) is 0 Å². The van der Waals surface area contributed by atoms with Crippen LogP contribution in [0, 0.1) is 25.2 Å². The van der Waals surface area contributed by atoms with Gasteiger partial charge in [-0.2, -0.15) is 5.26 Å². The zero-order chi connectivity index (χ0) is 27.0. The van der Waals surface area contributed by atoms with Crippen LogP contribution >= 0.6 is 11.6 Å². The van der Waals surface area contributed by atoms with E-state index >= 15 is 0 Å². The van der Waals surface area contributed by atoms with Crippen LogP contribution in [-0.2, 0) is 0 Å². The molecule has 0 aliphatic carbocycles. The molecule has 8 heteroatoms. The molecule has 5 rings (SSSR count). The Morgan fingerprint density at radius 2 is 1.92 bits per heavy atom. The van der Waals surface area contributed by atoms with E-state index in [0.717, 1.165) is 22.9 Å². The molecule has 0 amide bonds. The van der Waals surface area contributed by atoms with Crippen LogP contribution in [0.4, 0.5) is 0 Å². The first-order valence-corrected chi connectivity index (χ1v) is 12.5. The van der Waals surface area contributed by atoms with Crippen LogP contribution in [0.5, 0.6) is 17.2 Å². The molecule has 1 aromatic heterocycles. The van der Waals surface area contributed by atoms with Gasteiger partial charge in [0.25, 0.3) is 0 Å². The molecule has 192 valence electrons. The average molecular weight is 529 g/mol. The molecule has 0 saturated carbocycles. The summed E-state index contributed by atoms with van der Waals surface area (Å²) >= 11 is 6.26. The van der Waals surface area contributed by atoms with Gasteiger partial charge in [-0.15, -0.1) is 0 Å². The molecular formula is C30H25ClN2O5. The van der Waals surface area contributed by atoms with Crippen LogP contribution < -0.4 is 19.9 Å². The van der Waals surface area contributed by atoms with Gasteiger partial charge in [0.1, 0.15) is 34.5 Å². The molecule has 0 radical (unpaired) electrons. The molecule has 38 heavy (non-hydrogen) atoms. The van der Waals surface area contributed by atoms with Gasteiger partial charge in [0.05, 0.1) is 12.5 Å². The number of hydrogen-bond acceptors (Lipinski definition) is 7. The number of benzene rings is 3. The second-order valence-electron chi connectivity index (χ2n) is 9.05. The third-order valence-electron chi connectivity index (χ3n) is 6.50. The summed E-state index contributed by atoms with van der Waals surface area (Å²) in [6.45, 7) is 6.21. The van der Waals surface area contributed by atoms with Crippen molar-refractivity contribution in [1.82, 2.24) is 0 Å². The third-order valence-corrected chi connectivity index (χ3v) is 6.90. The van der Waals surface area contributed by atoms with Crippen LogP contribution in [0.2, 0.25) is 5.02 Å². The second-order valence-corrected chi connectivity index (χ2v) is 9.46. The standard InChI is InChI=1S/C30H25ClN2O5/c1-4-11-35-24-8-6-5-7-19(24)27-20-10-9-18(13-26(20)38-29(33)22(27)15-32)36-30(34)28-17(3)21-14-23(31)16(2)12-25(21)37-28/h5-10,12-14,27H,4,11,33H2,1-3H3. The lowest BCUT2D eigenvalue weighted by Gasteiger charge is -2.28. The fraction of sp³-hybridized carbons (Fsp3) is 0.200. The highest BCUT2D eigenvalue weighted by Crippen LogP contribution is 2.46. The van der Waals surface area contributed by atoms with Gasteiger partial charge in [-0.3, -0.25) is 0 Å². The number of esters is 1. The fourth-order valence-electron chi connectivity index (χ4n) is 4.57. The first-order chi connectivity index (χ1) is 18.3. The maximum atomic E-state index is 13.1. The van der Waals surface area contributed by atoms with Crippen molar-refractivity contribution in [2.75, 3.05) is 6.61 Å². The molecular weight excluding hydrogens is 504 g/mol. The zero-order valence-corrected chi connectivity index (χ0v) is 21.9. The molecule has 0 fully saturated rings. The lowest BCUT2D eigenvalue weighted by atomic mass is 9.83. The Labute approximate surface area is 225 Å². The van der Waals surface area contributed by atoms with Crippen molar-refractivity contribution in [2.24, 2.45) is 5.73 Å². The Morgan fingerprint density at radius 1 is 1.13 bits per heavy atom. The number of furan rings is 1. The monoisotopic (exact) mass is 528 g/mol. The molecule has 2 N–H and O–H groups in total. The number of ether oxygens (including phenoxy) is 3. The van der Waals surface area contributed by atoms with Gasteiger partial charge in [-0.25, -0.2) is 4.79 Å². The van der Waals surface area contributed by atoms with E-state index in [0.29, 0.717) is 39.8 Å². The average Bonchev–Trinajstić information content (AvgIpc) is 3.22. The third kappa shape index (κ3) is 4.44. The number of carbonyl (C=O) groups excluding carboxylic acids is 1. The number of fused-ring (bicyclic) bond motifs is 2. The number of allylic oxidation sites excluding steroid dienone is 1. The van der Waals surface area contributed by atoms with E-state index in [1.54, 1.807) is 37.3 Å². The largest absolute Gasteiger partial charge is 0.493 e. The number of rotatable bonds is 6. The number of aryl methyl sites for hydroxylation is 2. The molecule has 2 heterocycles. The highest BCUT2D eigenvalue weighted by molar-refractivity contribution is 6.32. The minimum Gasteiger partial charge on any atom is -0.493 e. The Balaban J connectivity index is 1.50. The van der Waals surface area contributed by atoms with Crippen molar-refractivity contribution in [3.8, 4) is 23.3 Å². The summed E-state index contributed by atoms with van der Waals surface area (Å²) in [5.74, 6) is 0.201. The quantitative estimate of drug-likeness (QED) is 0.213. The van der Waals surface area contributed by atoms with Gasteiger partial charge in [0.15, 0.2) is 0 Å². The Kier molecular flexibility index (Phi) is 6.75. The molecule has 7 nitrogen and oxygen atoms in total. The Morgan fingerprint density at radius 3 is 2.68 bits per heavy atom. The highest BCUT2D eigenvalue weighted by atomic mass is 35.5. The molecule has 0 spiro atoms. The van der Waals surface area contributed by atoms with Crippen molar-refractivity contribution >= 4 is 28.5 Å². The highest BCUT2D eigenvalue weighted by Gasteiger charge is 2.33. The summed E-state index contributed by atoms with van der Waals surface area (Å²) in [7, 11) is 0. The number of nitrogens with zero attached hydrogens (tertiary/aromatic N) is 1. The maximum absolute atomic E-state index is 13.1. The minimum atomic E-state index is -0.653. The van der Waals surface area contributed by atoms with Crippen LogP contribution in [0.3, 0.4) is 0 Å². The lowest BCUT2D eigenvalue weighted by Crippen LogP contribution is -2.21. The van der Waals surface area contributed by atoms with Gasteiger partial charge < -0.3 is 24.4 Å². The van der Waals surface area contributed by atoms with Crippen molar-refractivity contribution in [2.45, 2.75) is 33.1 Å². The summed E-state index contributed by atoms with van der Waals surface area (Å²) in [5.41, 5.74) is 9.98. The molecule has 1 unspecified atom stereocenters. The molecule has 0 bridgehead atoms. The van der Waals surface area contributed by atoms with Crippen molar-refractivity contribution in [1.29, 1.82) is 5.26 Å². The van der Waals surface area contributed by atoms with Crippen molar-refractivity contribution < 1.29 is 23.4 Å². The SMILES string of the molecule is CCCOc1ccccc1C1C(C#N)=C(N)Oc2cc(OC(=O)c3oc4cc(C)c(Cl)cc4c3C)ccc21. The maximum Gasteiger partial charge on any atom is 0.379 e. The Bertz CT molecular complexity index is 1650. The molecule has 4 aromatic rings. The molecule has 1 aliphatic heterocycles. The molecule has 1 atom stereocenters. The van der Waals surface area contributed by atoms with Gasteiger partial charge in [0, 0.05) is 33.2 Å². The molecule has 0 saturated heterocycles. The van der Waals surface area contributed by atoms with E-state index in [-0.39, 0.29) is 23.0 Å². The predicted octanol–water partition coefficient (Wildman–Crippen LogP) is 6.93. The van der Waals surface area contributed by atoms with Gasteiger partial charge >= 0.3 is 5.97 Å². The number of nitrogens with two attached hydrogens (primary N) is 1. The van der Waals surface area contributed by atoms with Crippen LogP contribution in [-0.4, -0.2) is 12.6 Å². The molecule has 1 aliphatic rings. The van der Waals surface area contributed by atoms with Crippen molar-refractivity contribution in [3.63, 3.8) is 0 Å². The number of carbonyl (C=O) groups is 1. The molecule has 3 aromatic carbocycles. The van der Waals surface area contributed by atoms with E-state index in [4.69, 9.17) is 36.0 Å². The smallest absolute Gasteiger partial charge is 0.379 e. The summed E-state index contributed by atoms with van der Waals surface area (Å²) < 4.78 is 23.2. The zero-order valence-electron chi connectivity index (χ0n) is 21.1. The predicted molar refractivity (Wildman–Crippen MR) is 144 cm³/mol. The summed E-state index contributed by atoms with van der Waals surface area (Å²) in [5, 5.41) is 11.2. The topological polar surface area (TPSA) is 108 Å². The second kappa shape index (κ2) is 10.2. The first kappa shape index (κ1) is 25.2. The fourth-order valence-corrected chi connectivity index (χ4v) is 4.73. The van der Waals surface area contributed by atoms with Gasteiger partial charge in [-0.1, -0.05) is 42.8 Å².